The van der Waals surface area contributed by atoms with Crippen LogP contribution >= 0.6 is 12.4 Å². The van der Waals surface area contributed by atoms with Gasteiger partial charge in [-0.25, -0.2) is 0 Å². The minimum atomic E-state index is -0.828. The Morgan fingerprint density at radius 1 is 1.30 bits per heavy atom. The summed E-state index contributed by atoms with van der Waals surface area (Å²) < 4.78 is 5.64. The van der Waals surface area contributed by atoms with Gasteiger partial charge in [-0.1, -0.05) is 18.2 Å². The van der Waals surface area contributed by atoms with Crippen LogP contribution in [0.15, 0.2) is 24.3 Å². The molecule has 0 bridgehead atoms. The van der Waals surface area contributed by atoms with Crippen molar-refractivity contribution < 1.29 is 19.4 Å². The highest BCUT2D eigenvalue weighted by atomic mass is 35.5. The molecule has 2 atom stereocenters. The highest BCUT2D eigenvalue weighted by molar-refractivity contribution is 5.85. The molecule has 108 valence electrons. The summed E-state index contributed by atoms with van der Waals surface area (Å²) in [5, 5.41) is 8.95. The molecule has 1 saturated heterocycles. The minimum Gasteiger partial charge on any atom is -0.481 e. The lowest BCUT2D eigenvalue weighted by Crippen LogP contribution is -2.40. The number of para-hydroxylation sites is 1. The fourth-order valence-electron chi connectivity index (χ4n) is 2.69. The Bertz CT molecular complexity index is 509. The molecule has 1 fully saturated rings. The number of nitrogens with zero attached hydrogens (tertiary/aromatic N) is 1. The Morgan fingerprint density at radius 2 is 2.05 bits per heavy atom. The van der Waals surface area contributed by atoms with E-state index in [0.29, 0.717) is 25.9 Å². The van der Waals surface area contributed by atoms with Crippen molar-refractivity contribution in [3.05, 3.63) is 29.8 Å². The molecule has 2 aliphatic heterocycles. The Morgan fingerprint density at radius 3 is 2.70 bits per heavy atom. The molecule has 0 radical (unpaired) electrons. The van der Waals surface area contributed by atoms with E-state index in [1.807, 2.05) is 24.3 Å². The van der Waals surface area contributed by atoms with Gasteiger partial charge >= 0.3 is 5.97 Å². The van der Waals surface area contributed by atoms with Crippen molar-refractivity contribution >= 4 is 24.3 Å². The number of rotatable bonds is 2. The molecule has 3 rings (SSSR count). The molecule has 0 spiro atoms. The molecule has 2 heterocycles. The van der Waals surface area contributed by atoms with Gasteiger partial charge in [-0.3, -0.25) is 9.59 Å². The minimum absolute atomic E-state index is 0. The third-order valence-corrected chi connectivity index (χ3v) is 3.77. The Hall–Kier alpha value is -1.75. The number of aliphatic carboxylic acids is 1. The van der Waals surface area contributed by atoms with Gasteiger partial charge < -0.3 is 14.7 Å². The van der Waals surface area contributed by atoms with Crippen LogP contribution < -0.4 is 4.74 Å². The average Bonchev–Trinajstić information content (AvgIpc) is 3.04. The summed E-state index contributed by atoms with van der Waals surface area (Å²) in [6, 6.07) is 7.60. The lowest BCUT2D eigenvalue weighted by molar-refractivity contribution is -0.142. The number of carboxylic acids is 1. The zero-order chi connectivity index (χ0) is 13.4. The highest BCUT2D eigenvalue weighted by Crippen LogP contribution is 2.30. The van der Waals surface area contributed by atoms with E-state index in [9.17, 15) is 9.59 Å². The van der Waals surface area contributed by atoms with E-state index in [0.717, 1.165) is 11.3 Å². The molecule has 1 aromatic rings. The maximum absolute atomic E-state index is 12.3. The molecule has 2 unspecified atom stereocenters. The number of fused-ring (bicyclic) bond motifs is 1. The maximum atomic E-state index is 12.3. The Labute approximate surface area is 122 Å². The molecule has 0 aliphatic carbocycles. The predicted octanol–water partition coefficient (Wildman–Crippen LogP) is 1.34. The number of carbonyl (C=O) groups excluding carboxylic acids is 1. The molecular formula is C14H16ClNO4. The third kappa shape index (κ3) is 2.58. The standard InChI is InChI=1S/C14H15NO4.ClH/c16-13(15-6-5-10(8-15)14(17)18)12-7-9-3-1-2-4-11(9)19-12;/h1-4,10,12H,5-8H2,(H,17,18);1H. The van der Waals surface area contributed by atoms with Crippen molar-refractivity contribution in [3.8, 4) is 5.75 Å². The first-order valence-electron chi connectivity index (χ1n) is 6.41. The first-order chi connectivity index (χ1) is 9.15. The van der Waals surface area contributed by atoms with Crippen LogP contribution in [-0.2, 0) is 16.0 Å². The molecule has 5 nitrogen and oxygen atoms in total. The van der Waals surface area contributed by atoms with Gasteiger partial charge in [0.15, 0.2) is 6.10 Å². The van der Waals surface area contributed by atoms with E-state index >= 15 is 0 Å². The van der Waals surface area contributed by atoms with E-state index in [4.69, 9.17) is 9.84 Å². The predicted molar refractivity (Wildman–Crippen MR) is 74.1 cm³/mol. The number of benzene rings is 1. The van der Waals surface area contributed by atoms with Crippen LogP contribution in [0, 0.1) is 5.92 Å². The lowest BCUT2D eigenvalue weighted by atomic mass is 10.1. The Kier molecular flexibility index (Phi) is 4.18. The van der Waals surface area contributed by atoms with Gasteiger partial charge in [-0.2, -0.15) is 0 Å². The molecular weight excluding hydrogens is 282 g/mol. The van der Waals surface area contributed by atoms with Crippen LogP contribution in [0.3, 0.4) is 0 Å². The smallest absolute Gasteiger partial charge is 0.308 e. The molecule has 1 N–H and O–H groups in total. The molecule has 20 heavy (non-hydrogen) atoms. The van der Waals surface area contributed by atoms with E-state index in [2.05, 4.69) is 0 Å². The number of carbonyl (C=O) groups is 2. The number of ether oxygens (including phenoxy) is 1. The fraction of sp³-hybridized carbons (Fsp3) is 0.429. The summed E-state index contributed by atoms with van der Waals surface area (Å²) in [6.45, 7) is 0.802. The average molecular weight is 298 g/mol. The van der Waals surface area contributed by atoms with Crippen LogP contribution in [0.1, 0.15) is 12.0 Å². The fourth-order valence-corrected chi connectivity index (χ4v) is 2.69. The van der Waals surface area contributed by atoms with Gasteiger partial charge in [0.1, 0.15) is 5.75 Å². The van der Waals surface area contributed by atoms with Crippen molar-refractivity contribution in [1.82, 2.24) is 4.90 Å². The van der Waals surface area contributed by atoms with E-state index in [1.54, 1.807) is 4.90 Å². The number of hydrogen-bond acceptors (Lipinski definition) is 3. The van der Waals surface area contributed by atoms with Crippen molar-refractivity contribution in [2.45, 2.75) is 18.9 Å². The number of carboxylic acid groups (broad SMARTS) is 1. The van der Waals surface area contributed by atoms with E-state index < -0.39 is 18.0 Å². The monoisotopic (exact) mass is 297 g/mol. The SMILES string of the molecule is Cl.O=C(O)C1CCN(C(=O)C2Cc3ccccc3O2)C1. The third-order valence-electron chi connectivity index (χ3n) is 3.77. The molecule has 0 saturated carbocycles. The maximum Gasteiger partial charge on any atom is 0.308 e. The van der Waals surface area contributed by atoms with Crippen molar-refractivity contribution in [3.63, 3.8) is 0 Å². The normalized spacial score (nSPS) is 23.7. The molecule has 2 aliphatic rings. The second-order valence-electron chi connectivity index (χ2n) is 5.03. The Balaban J connectivity index is 0.00000147. The number of amides is 1. The van der Waals surface area contributed by atoms with Crippen LogP contribution in [0.4, 0.5) is 0 Å². The van der Waals surface area contributed by atoms with Gasteiger partial charge in [0.05, 0.1) is 5.92 Å². The van der Waals surface area contributed by atoms with Gasteiger partial charge in [-0.05, 0) is 18.1 Å². The number of hydrogen-bond donors (Lipinski definition) is 1. The second kappa shape index (κ2) is 5.71. The van der Waals surface area contributed by atoms with Gasteiger partial charge in [0.25, 0.3) is 5.91 Å². The topological polar surface area (TPSA) is 66.8 Å². The first-order valence-corrected chi connectivity index (χ1v) is 6.41. The summed E-state index contributed by atoms with van der Waals surface area (Å²) >= 11 is 0. The summed E-state index contributed by atoms with van der Waals surface area (Å²) in [4.78, 5) is 24.8. The highest BCUT2D eigenvalue weighted by Gasteiger charge is 2.37. The quantitative estimate of drug-likeness (QED) is 0.895. The van der Waals surface area contributed by atoms with Crippen molar-refractivity contribution in [1.29, 1.82) is 0 Å². The summed E-state index contributed by atoms with van der Waals surface area (Å²) in [7, 11) is 0. The second-order valence-corrected chi connectivity index (χ2v) is 5.03. The zero-order valence-electron chi connectivity index (χ0n) is 10.8. The molecule has 1 aromatic carbocycles. The lowest BCUT2D eigenvalue weighted by Gasteiger charge is -2.19. The molecule has 6 heteroatoms. The van der Waals surface area contributed by atoms with Gasteiger partial charge in [0, 0.05) is 19.5 Å². The summed E-state index contributed by atoms with van der Waals surface area (Å²) in [6.07, 6.45) is 0.606. The van der Waals surface area contributed by atoms with Crippen molar-refractivity contribution in [2.75, 3.05) is 13.1 Å². The van der Waals surface area contributed by atoms with Gasteiger partial charge in [0.2, 0.25) is 0 Å². The molecule has 1 amide bonds. The number of halogens is 1. The molecule has 0 aromatic heterocycles. The van der Waals surface area contributed by atoms with Crippen LogP contribution in [0.25, 0.3) is 0 Å². The largest absolute Gasteiger partial charge is 0.481 e. The van der Waals surface area contributed by atoms with E-state index in [-0.39, 0.29) is 18.3 Å². The van der Waals surface area contributed by atoms with Crippen LogP contribution in [0.2, 0.25) is 0 Å². The van der Waals surface area contributed by atoms with Gasteiger partial charge in [-0.15, -0.1) is 12.4 Å². The van der Waals surface area contributed by atoms with Crippen LogP contribution in [-0.4, -0.2) is 41.1 Å². The van der Waals surface area contributed by atoms with Crippen molar-refractivity contribution in [2.24, 2.45) is 5.92 Å². The summed E-state index contributed by atoms with van der Waals surface area (Å²) in [5.74, 6) is -0.603. The van der Waals surface area contributed by atoms with E-state index in [1.165, 1.54) is 0 Å². The van der Waals surface area contributed by atoms with Crippen LogP contribution in [0.5, 0.6) is 5.75 Å². The zero-order valence-corrected chi connectivity index (χ0v) is 11.6. The number of likely N-dealkylation sites (tertiary alicyclic amines) is 1. The first kappa shape index (κ1) is 14.7. The summed E-state index contributed by atoms with van der Waals surface area (Å²) in [5.41, 5.74) is 1.04.